The maximum absolute atomic E-state index is 6.49. The van der Waals surface area contributed by atoms with Crippen molar-refractivity contribution in [3.63, 3.8) is 0 Å². The molecule has 4 rings (SSSR count). The molecule has 4 nitrogen and oxygen atoms in total. The van der Waals surface area contributed by atoms with Crippen molar-refractivity contribution in [1.82, 2.24) is 5.32 Å². The number of nitrogens with one attached hydrogen (secondary N) is 1. The standard InChI is InChI=1S/C25H27NO3/c1-2-27-23-13-6-7-14-24(23)28-21-11-8-12-22(17-21)29-25(20-15-16-26-18-20)19-9-4-3-5-10-19/h3-14,17,20,25-26H,2,15-16,18H2,1H3/t20-,25-/m0/s1. The fraction of sp³-hybridized carbons (Fsp3) is 0.280. The van der Waals surface area contributed by atoms with Gasteiger partial charge in [-0.05, 0) is 49.7 Å². The van der Waals surface area contributed by atoms with Crippen molar-refractivity contribution in [3.8, 4) is 23.0 Å². The molecule has 0 bridgehead atoms. The van der Waals surface area contributed by atoms with Gasteiger partial charge in [-0.1, -0.05) is 48.5 Å². The number of hydrogen-bond donors (Lipinski definition) is 1. The minimum absolute atomic E-state index is 0.0113. The van der Waals surface area contributed by atoms with Crippen LogP contribution in [-0.2, 0) is 0 Å². The predicted octanol–water partition coefficient (Wildman–Crippen LogP) is 5.61. The van der Waals surface area contributed by atoms with E-state index in [1.54, 1.807) is 0 Å². The lowest BCUT2D eigenvalue weighted by atomic mass is 9.95. The van der Waals surface area contributed by atoms with E-state index in [9.17, 15) is 0 Å². The summed E-state index contributed by atoms with van der Waals surface area (Å²) < 4.78 is 18.3. The van der Waals surface area contributed by atoms with Crippen molar-refractivity contribution < 1.29 is 14.2 Å². The summed E-state index contributed by atoms with van der Waals surface area (Å²) >= 11 is 0. The first-order valence-electron chi connectivity index (χ1n) is 10.3. The van der Waals surface area contributed by atoms with Gasteiger partial charge in [0.2, 0.25) is 0 Å². The lowest BCUT2D eigenvalue weighted by Crippen LogP contribution is -2.21. The van der Waals surface area contributed by atoms with Crippen LogP contribution in [0.5, 0.6) is 23.0 Å². The zero-order valence-corrected chi connectivity index (χ0v) is 16.7. The first kappa shape index (κ1) is 19.3. The summed E-state index contributed by atoms with van der Waals surface area (Å²) in [6.45, 7) is 4.57. The Morgan fingerprint density at radius 1 is 0.897 bits per heavy atom. The van der Waals surface area contributed by atoms with E-state index in [0.29, 0.717) is 18.3 Å². The largest absolute Gasteiger partial charge is 0.490 e. The molecular formula is C25H27NO3. The number of hydrogen-bond acceptors (Lipinski definition) is 4. The molecule has 0 aromatic heterocycles. The molecule has 150 valence electrons. The second-order valence-electron chi connectivity index (χ2n) is 7.16. The molecule has 0 amide bonds. The quantitative estimate of drug-likeness (QED) is 0.544. The van der Waals surface area contributed by atoms with E-state index >= 15 is 0 Å². The predicted molar refractivity (Wildman–Crippen MR) is 115 cm³/mol. The van der Waals surface area contributed by atoms with Gasteiger partial charge in [-0.15, -0.1) is 0 Å². The van der Waals surface area contributed by atoms with Gasteiger partial charge >= 0.3 is 0 Å². The van der Waals surface area contributed by atoms with Crippen LogP contribution in [0.3, 0.4) is 0 Å². The molecule has 1 fully saturated rings. The fourth-order valence-electron chi connectivity index (χ4n) is 3.71. The van der Waals surface area contributed by atoms with Crippen molar-refractivity contribution in [2.45, 2.75) is 19.4 Å². The highest BCUT2D eigenvalue weighted by atomic mass is 16.5. The van der Waals surface area contributed by atoms with Crippen molar-refractivity contribution >= 4 is 0 Å². The van der Waals surface area contributed by atoms with Crippen LogP contribution >= 0.6 is 0 Å². The van der Waals surface area contributed by atoms with Gasteiger partial charge in [-0.2, -0.15) is 0 Å². The van der Waals surface area contributed by atoms with Crippen molar-refractivity contribution in [3.05, 3.63) is 84.4 Å². The number of rotatable bonds is 8. The SMILES string of the molecule is CCOc1ccccc1Oc1cccc(O[C@@H](c2ccccc2)[C@H]2CCNC2)c1. The van der Waals surface area contributed by atoms with Crippen LogP contribution in [0.4, 0.5) is 0 Å². The van der Waals surface area contributed by atoms with Crippen LogP contribution in [0.2, 0.25) is 0 Å². The van der Waals surface area contributed by atoms with Gasteiger partial charge in [0.15, 0.2) is 11.5 Å². The van der Waals surface area contributed by atoms with Crippen molar-refractivity contribution in [2.24, 2.45) is 5.92 Å². The summed E-state index contributed by atoms with van der Waals surface area (Å²) in [5.74, 6) is 3.41. The third kappa shape index (κ3) is 4.90. The zero-order chi connectivity index (χ0) is 19.9. The smallest absolute Gasteiger partial charge is 0.169 e. The fourth-order valence-corrected chi connectivity index (χ4v) is 3.71. The second kappa shape index (κ2) is 9.48. The highest BCUT2D eigenvalue weighted by Crippen LogP contribution is 2.35. The summed E-state index contributed by atoms with van der Waals surface area (Å²) in [4.78, 5) is 0. The maximum Gasteiger partial charge on any atom is 0.169 e. The Kier molecular flexibility index (Phi) is 6.32. The molecule has 1 aliphatic rings. The minimum atomic E-state index is 0.0113. The first-order chi connectivity index (χ1) is 14.3. The number of ether oxygens (including phenoxy) is 3. The number of benzene rings is 3. The van der Waals surface area contributed by atoms with E-state index < -0.39 is 0 Å². The average Bonchev–Trinajstić information content (AvgIpc) is 3.29. The normalized spacial score (nSPS) is 16.9. The van der Waals surface area contributed by atoms with Crippen molar-refractivity contribution in [1.29, 1.82) is 0 Å². The molecule has 0 unspecified atom stereocenters. The molecule has 3 aromatic rings. The van der Waals surface area contributed by atoms with E-state index in [1.807, 2.05) is 61.5 Å². The van der Waals surface area contributed by atoms with Crippen LogP contribution in [0.1, 0.15) is 25.0 Å². The highest BCUT2D eigenvalue weighted by Gasteiger charge is 2.28. The Morgan fingerprint density at radius 3 is 2.41 bits per heavy atom. The highest BCUT2D eigenvalue weighted by molar-refractivity contribution is 5.44. The summed E-state index contributed by atoms with van der Waals surface area (Å²) in [5, 5.41) is 3.45. The summed E-state index contributed by atoms with van der Waals surface area (Å²) in [6.07, 6.45) is 1.12. The molecule has 4 heteroatoms. The van der Waals surface area contributed by atoms with Crippen LogP contribution in [-0.4, -0.2) is 19.7 Å². The molecule has 1 N–H and O–H groups in total. The zero-order valence-electron chi connectivity index (χ0n) is 16.7. The monoisotopic (exact) mass is 389 g/mol. The van der Waals surface area contributed by atoms with E-state index in [2.05, 4.69) is 29.6 Å². The van der Waals surface area contributed by atoms with Crippen LogP contribution in [0.15, 0.2) is 78.9 Å². The van der Waals surface area contributed by atoms with E-state index in [-0.39, 0.29) is 6.10 Å². The minimum Gasteiger partial charge on any atom is -0.490 e. The second-order valence-corrected chi connectivity index (χ2v) is 7.16. The molecule has 0 saturated carbocycles. The summed E-state index contributed by atoms with van der Waals surface area (Å²) in [7, 11) is 0. The molecule has 3 aromatic carbocycles. The molecule has 29 heavy (non-hydrogen) atoms. The lowest BCUT2D eigenvalue weighted by Gasteiger charge is -2.25. The third-order valence-corrected chi connectivity index (χ3v) is 5.10. The molecule has 1 heterocycles. The van der Waals surface area contributed by atoms with Gasteiger partial charge in [0.25, 0.3) is 0 Å². The molecule has 1 saturated heterocycles. The Labute approximate surface area is 172 Å². The van der Waals surface area contributed by atoms with Gasteiger partial charge in [-0.25, -0.2) is 0 Å². The van der Waals surface area contributed by atoms with E-state index in [1.165, 1.54) is 5.56 Å². The van der Waals surface area contributed by atoms with Crippen LogP contribution in [0, 0.1) is 5.92 Å². The average molecular weight is 389 g/mol. The Bertz CT molecular complexity index is 907. The van der Waals surface area contributed by atoms with Gasteiger partial charge in [0, 0.05) is 18.5 Å². The first-order valence-corrected chi connectivity index (χ1v) is 10.3. The maximum atomic E-state index is 6.49. The van der Waals surface area contributed by atoms with Gasteiger partial charge in [-0.3, -0.25) is 0 Å². The number of para-hydroxylation sites is 2. The van der Waals surface area contributed by atoms with E-state index in [0.717, 1.165) is 36.8 Å². The van der Waals surface area contributed by atoms with Crippen LogP contribution < -0.4 is 19.5 Å². The van der Waals surface area contributed by atoms with E-state index in [4.69, 9.17) is 14.2 Å². The Hall–Kier alpha value is -2.98. The molecule has 0 aliphatic carbocycles. The molecule has 0 radical (unpaired) electrons. The third-order valence-electron chi connectivity index (χ3n) is 5.10. The molecular weight excluding hydrogens is 362 g/mol. The summed E-state index contributed by atoms with van der Waals surface area (Å²) in [6, 6.07) is 26.0. The van der Waals surface area contributed by atoms with Crippen molar-refractivity contribution in [2.75, 3.05) is 19.7 Å². The molecule has 1 aliphatic heterocycles. The summed E-state index contributed by atoms with van der Waals surface area (Å²) in [5.41, 5.74) is 1.20. The van der Waals surface area contributed by atoms with Gasteiger partial charge in [0.1, 0.15) is 17.6 Å². The lowest BCUT2D eigenvalue weighted by molar-refractivity contribution is 0.144. The molecule has 2 atom stereocenters. The molecule has 0 spiro atoms. The topological polar surface area (TPSA) is 39.7 Å². The Balaban J connectivity index is 1.54. The van der Waals surface area contributed by atoms with Gasteiger partial charge < -0.3 is 19.5 Å². The Morgan fingerprint density at radius 2 is 1.66 bits per heavy atom. The van der Waals surface area contributed by atoms with Gasteiger partial charge in [0.05, 0.1) is 6.61 Å². The van der Waals surface area contributed by atoms with Crippen LogP contribution in [0.25, 0.3) is 0 Å².